The van der Waals surface area contributed by atoms with Crippen molar-refractivity contribution in [3.63, 3.8) is 0 Å². The van der Waals surface area contributed by atoms with Gasteiger partial charge in [0.1, 0.15) is 17.9 Å². The number of thiazole rings is 1. The van der Waals surface area contributed by atoms with E-state index in [0.717, 1.165) is 5.69 Å². The summed E-state index contributed by atoms with van der Waals surface area (Å²) in [5.74, 6) is -1.57. The summed E-state index contributed by atoms with van der Waals surface area (Å²) >= 11 is 7.67. The van der Waals surface area contributed by atoms with Crippen molar-refractivity contribution in [2.75, 3.05) is 13.7 Å². The molecule has 184 valence electrons. The smallest absolute Gasteiger partial charge is 0.338 e. The summed E-state index contributed by atoms with van der Waals surface area (Å²) in [5, 5.41) is 15.7. The Kier molecular flexibility index (Phi) is 6.77. The summed E-state index contributed by atoms with van der Waals surface area (Å²) in [6.45, 7) is 2.05. The number of esters is 1. The van der Waals surface area contributed by atoms with E-state index < -0.39 is 29.8 Å². The van der Waals surface area contributed by atoms with Crippen molar-refractivity contribution in [2.45, 2.75) is 35.4 Å². The third kappa shape index (κ3) is 4.54. The largest absolute Gasteiger partial charge is 0.480 e. The van der Waals surface area contributed by atoms with Crippen molar-refractivity contribution in [1.29, 1.82) is 0 Å². The first-order valence-corrected chi connectivity index (χ1v) is 14.5. The van der Waals surface area contributed by atoms with Gasteiger partial charge < -0.3 is 15.2 Å². The second-order valence-corrected chi connectivity index (χ2v) is 12.7. The molecule has 0 amide bonds. The maximum atomic E-state index is 13.8. The molecule has 35 heavy (non-hydrogen) atoms. The standard InChI is InChI=1S/C23H21ClFIN4O4S/c1-10-9-35-21(27-10)20-28-15(8-30-16(22(31)32)6-14-17(30)7-26-14)18(23(33)34-2)19(29-20)12-4-3-11(25)5-13(12)24/h3-5,7,9,14,16-17,19H,6,8H2,1-2H3,(H,28,29)(H,31,32)/t14-,16+,17-,19+/m1/s1. The van der Waals surface area contributed by atoms with Crippen molar-refractivity contribution in [2.24, 2.45) is 4.99 Å². The van der Waals surface area contributed by atoms with E-state index in [1.165, 1.54) is 36.6 Å². The van der Waals surface area contributed by atoms with E-state index in [4.69, 9.17) is 21.3 Å². The quantitative estimate of drug-likeness (QED) is 0.286. The summed E-state index contributed by atoms with van der Waals surface area (Å²) in [6, 6.07) is 2.47. The van der Waals surface area contributed by atoms with Gasteiger partial charge in [0.2, 0.25) is 0 Å². The molecule has 0 aliphatic carbocycles. The number of nitrogens with zero attached hydrogens (tertiary/aromatic N) is 3. The van der Waals surface area contributed by atoms with Crippen LogP contribution in [0.25, 0.3) is 0 Å². The molecule has 3 aliphatic heterocycles. The molecule has 4 atom stereocenters. The fraction of sp³-hybridized carbons (Fsp3) is 0.348. The molecule has 8 nitrogen and oxygen atoms in total. The highest BCUT2D eigenvalue weighted by Crippen LogP contribution is 2.42. The molecule has 0 unspecified atom stereocenters. The summed E-state index contributed by atoms with van der Waals surface area (Å²) in [5.41, 5.74) is 1.94. The molecule has 12 heteroatoms. The number of aliphatic carboxylic acids is 1. The number of amidine groups is 1. The molecule has 1 saturated heterocycles. The van der Waals surface area contributed by atoms with Gasteiger partial charge in [0.25, 0.3) is 0 Å². The molecule has 4 heterocycles. The molecule has 0 saturated carbocycles. The molecular weight excluding hydrogens is 610 g/mol. The van der Waals surface area contributed by atoms with Crippen LogP contribution in [0.1, 0.15) is 28.7 Å². The lowest BCUT2D eigenvalue weighted by atomic mass is 9.95. The molecule has 2 N–H and O–H groups in total. The van der Waals surface area contributed by atoms with Gasteiger partial charge in [-0.05, 0) is 29.5 Å². The van der Waals surface area contributed by atoms with Crippen LogP contribution in [-0.4, -0.2) is 66.4 Å². The molecule has 3 aliphatic rings. The van der Waals surface area contributed by atoms with E-state index in [9.17, 15) is 19.1 Å². The minimum absolute atomic E-state index is 0.0642. The number of nitrogens with one attached hydrogen (secondary N) is 1. The number of hydrogen-bond acceptors (Lipinski definition) is 8. The molecule has 5 rings (SSSR count). The molecule has 0 spiro atoms. The summed E-state index contributed by atoms with van der Waals surface area (Å²) in [4.78, 5) is 36.3. The van der Waals surface area contributed by atoms with Gasteiger partial charge in [-0.3, -0.25) is 14.7 Å². The number of aryl methyl sites for hydroxylation is 1. The number of alkyl halides is 1. The van der Waals surface area contributed by atoms with Gasteiger partial charge in [-0.1, -0.05) is 17.7 Å². The van der Waals surface area contributed by atoms with Crippen LogP contribution in [0.4, 0.5) is 4.39 Å². The normalized spacial score (nSPS) is 25.8. The Morgan fingerprint density at radius 3 is 2.83 bits per heavy atom. The molecule has 0 radical (unpaired) electrons. The second kappa shape index (κ2) is 9.68. The first-order valence-electron chi connectivity index (χ1n) is 10.7. The molecule has 1 fully saturated rings. The van der Waals surface area contributed by atoms with Gasteiger partial charge in [-0.15, -0.1) is 32.1 Å². The Hall–Kier alpha value is -2.22. The van der Waals surface area contributed by atoms with Gasteiger partial charge in [-0.2, -0.15) is 0 Å². The number of carbonyl (C=O) groups is 2. The molecule has 2 aromatic rings. The van der Waals surface area contributed by atoms with Gasteiger partial charge in [0.05, 0.1) is 12.7 Å². The van der Waals surface area contributed by atoms with E-state index in [1.54, 1.807) is 0 Å². The summed E-state index contributed by atoms with van der Waals surface area (Å²) in [7, 11) is 1.27. The van der Waals surface area contributed by atoms with Gasteiger partial charge >= 0.3 is 11.9 Å². The van der Waals surface area contributed by atoms with Gasteiger partial charge in [0, 0.05) is 43.9 Å². The van der Waals surface area contributed by atoms with Gasteiger partial charge in [-0.25, -0.2) is 14.2 Å². The average molecular weight is 631 g/mol. The monoisotopic (exact) mass is 630 g/mol. The number of aromatic nitrogens is 1. The maximum absolute atomic E-state index is 13.8. The van der Waals surface area contributed by atoms with Crippen molar-refractivity contribution in [1.82, 2.24) is 15.2 Å². The van der Waals surface area contributed by atoms with E-state index in [-0.39, 0.29) is 43.9 Å². The number of rotatable bonds is 6. The first kappa shape index (κ1) is 24.5. The maximum Gasteiger partial charge on any atom is 0.338 e. The number of carboxylic acids is 1. The van der Waals surface area contributed by atoms with E-state index >= 15 is 0 Å². The first-order chi connectivity index (χ1) is 16.8. The Morgan fingerprint density at radius 2 is 2.23 bits per heavy atom. The zero-order valence-electron chi connectivity index (χ0n) is 18.7. The fourth-order valence-corrected chi connectivity index (χ4v) is 8.49. The number of carbonyl (C=O) groups excluding carboxylic acids is 1. The Labute approximate surface area is 219 Å². The van der Waals surface area contributed by atoms with Crippen LogP contribution in [0.2, 0.25) is 5.02 Å². The number of likely N-dealkylation sites (tertiary alicyclic amines) is 1. The van der Waals surface area contributed by atoms with Crippen LogP contribution in [0.3, 0.4) is 0 Å². The fourth-order valence-electron chi connectivity index (χ4n) is 4.50. The van der Waals surface area contributed by atoms with Crippen molar-refractivity contribution >= 4 is 65.5 Å². The summed E-state index contributed by atoms with van der Waals surface area (Å²) < 4.78 is 21.5. The highest BCUT2D eigenvalue weighted by Gasteiger charge is 2.47. The van der Waals surface area contributed by atoms with Gasteiger partial charge in [0.15, 0.2) is 10.8 Å². The lowest BCUT2D eigenvalue weighted by Crippen LogP contribution is -2.48. The highest BCUT2D eigenvalue weighted by atomic mass is 127. The third-order valence-electron chi connectivity index (χ3n) is 6.20. The zero-order chi connectivity index (χ0) is 24.9. The van der Waals surface area contributed by atoms with Crippen molar-refractivity contribution in [3.05, 3.63) is 62.0 Å². The molecular formula is C23H21ClFIN4O4S. The van der Waals surface area contributed by atoms with E-state index in [1.807, 2.05) is 17.2 Å². The van der Waals surface area contributed by atoms with Crippen LogP contribution in [-0.2, 0) is 14.3 Å². The number of carboxylic acid groups (broad SMARTS) is 1. The van der Waals surface area contributed by atoms with Crippen LogP contribution < -0.4 is 5.32 Å². The zero-order valence-corrected chi connectivity index (χ0v) is 22.4. The lowest BCUT2D eigenvalue weighted by Gasteiger charge is -2.34. The number of ether oxygens (including phenoxy) is 1. The van der Waals surface area contributed by atoms with Crippen LogP contribution in [0.5, 0.6) is 0 Å². The minimum atomic E-state index is -0.884. The van der Waals surface area contributed by atoms with Crippen LogP contribution in [0, 0.1) is 12.7 Å². The number of methoxy groups -OCH3 is 1. The minimum Gasteiger partial charge on any atom is -0.480 e. The number of benzene rings is 1. The number of halogens is 3. The SMILES string of the molecule is COC(=O)C1=C(CN2[C@@H]3C=I[C@@H]3C[C@H]2C(=O)O)NC(c2nc(C)cs2)=N[C@H]1c1ccc(F)cc1Cl. The Bertz CT molecular complexity index is 1310. The number of aliphatic imine (C=N–C) groups is 1. The third-order valence-corrected chi connectivity index (χ3v) is 10.8. The molecule has 0 bridgehead atoms. The van der Waals surface area contributed by atoms with E-state index in [0.29, 0.717) is 32.4 Å². The lowest BCUT2D eigenvalue weighted by molar-refractivity contribution is -0.142. The second-order valence-electron chi connectivity index (χ2n) is 8.37. The highest BCUT2D eigenvalue weighted by molar-refractivity contribution is 14.2. The molecule has 1 aromatic carbocycles. The van der Waals surface area contributed by atoms with Crippen LogP contribution >= 0.6 is 43.7 Å². The van der Waals surface area contributed by atoms with E-state index in [2.05, 4.69) is 14.3 Å². The Balaban J connectivity index is 1.63. The number of fused-ring (bicyclic) bond motifs is 1. The number of hydrogen-bond donors (Lipinski definition) is 2. The Morgan fingerprint density at radius 1 is 1.43 bits per heavy atom. The molecule has 1 aromatic heterocycles. The van der Waals surface area contributed by atoms with Crippen molar-refractivity contribution < 1.29 is 23.8 Å². The predicted molar refractivity (Wildman–Crippen MR) is 140 cm³/mol. The average Bonchev–Trinajstić information content (AvgIpc) is 3.33. The summed E-state index contributed by atoms with van der Waals surface area (Å²) in [6.07, 6.45) is 0.602. The topological polar surface area (TPSA) is 104 Å². The predicted octanol–water partition coefficient (Wildman–Crippen LogP) is 3.44. The van der Waals surface area contributed by atoms with Crippen molar-refractivity contribution in [3.8, 4) is 0 Å². The van der Waals surface area contributed by atoms with Crippen LogP contribution in [0.15, 0.2) is 39.8 Å².